The Kier molecular flexibility index (Phi) is 8.70. The van der Waals surface area contributed by atoms with Gasteiger partial charge in [-0.05, 0) is 68.6 Å². The Morgan fingerprint density at radius 3 is 2.49 bits per heavy atom. The van der Waals surface area contributed by atoms with E-state index in [2.05, 4.69) is 25.6 Å². The second-order valence-corrected chi connectivity index (χ2v) is 11.5. The second kappa shape index (κ2) is 12.8. The van der Waals surface area contributed by atoms with Crippen molar-refractivity contribution in [3.63, 3.8) is 0 Å². The van der Waals surface area contributed by atoms with E-state index < -0.39 is 18.3 Å². The number of nitrogens with zero attached hydrogens (tertiary/aromatic N) is 5. The highest BCUT2D eigenvalue weighted by Gasteiger charge is 2.31. The van der Waals surface area contributed by atoms with Crippen LogP contribution in [-0.2, 0) is 11.3 Å². The molecule has 45 heavy (non-hydrogen) atoms. The van der Waals surface area contributed by atoms with Crippen LogP contribution in [0.25, 0.3) is 22.2 Å². The van der Waals surface area contributed by atoms with Crippen LogP contribution < -0.4 is 20.9 Å². The normalized spacial score (nSPS) is 17.8. The van der Waals surface area contributed by atoms with E-state index in [4.69, 9.17) is 4.74 Å². The molecule has 5 heterocycles. The number of carbonyl (C=O) groups excluding carboxylic acids is 1. The lowest BCUT2D eigenvalue weighted by molar-refractivity contribution is -0.140. The number of halogens is 3. The summed E-state index contributed by atoms with van der Waals surface area (Å²) >= 11 is 0. The van der Waals surface area contributed by atoms with Crippen molar-refractivity contribution in [2.24, 2.45) is 0 Å². The van der Waals surface area contributed by atoms with Crippen LogP contribution in [0.3, 0.4) is 0 Å². The van der Waals surface area contributed by atoms with Crippen molar-refractivity contribution in [3.8, 4) is 16.9 Å². The number of ether oxygens (including phenoxy) is 1. The minimum Gasteiger partial charge on any atom is -0.489 e. The zero-order chi connectivity index (χ0) is 31.6. The Morgan fingerprint density at radius 2 is 1.84 bits per heavy atom. The molecule has 13 heteroatoms. The number of benzene rings is 1. The molecule has 1 aromatic carbocycles. The monoisotopic (exact) mass is 621 g/mol. The van der Waals surface area contributed by atoms with E-state index in [0.29, 0.717) is 34.7 Å². The lowest BCUT2D eigenvalue weighted by atomic mass is 9.92. The maximum atomic E-state index is 13.7. The molecule has 0 bridgehead atoms. The number of carbonyl (C=O) groups is 1. The first-order valence-corrected chi connectivity index (χ1v) is 15.1. The summed E-state index contributed by atoms with van der Waals surface area (Å²) in [5.74, 6) is 0.964. The van der Waals surface area contributed by atoms with E-state index in [-0.39, 0.29) is 40.5 Å². The maximum Gasteiger partial charge on any atom is 0.406 e. The third kappa shape index (κ3) is 7.25. The van der Waals surface area contributed by atoms with Crippen LogP contribution in [0.15, 0.2) is 59.7 Å². The van der Waals surface area contributed by atoms with E-state index in [1.807, 2.05) is 0 Å². The molecule has 2 fully saturated rings. The van der Waals surface area contributed by atoms with Gasteiger partial charge in [0.15, 0.2) is 0 Å². The molecule has 2 aliphatic rings. The Balaban J connectivity index is 1.24. The SMILES string of the molecule is CC(=O)N1CCC(c2ccc(-c3cc4cnc(Nc5ccc(OC6CCCNC6)cc5)nc4n(CC(F)(F)F)c3=O)cn2)CC1. The first-order valence-electron chi connectivity index (χ1n) is 15.1. The van der Waals surface area contributed by atoms with E-state index in [1.54, 1.807) is 48.2 Å². The van der Waals surface area contributed by atoms with Gasteiger partial charge in [-0.15, -0.1) is 0 Å². The number of pyridine rings is 2. The Morgan fingerprint density at radius 1 is 1.07 bits per heavy atom. The van der Waals surface area contributed by atoms with Gasteiger partial charge < -0.3 is 20.3 Å². The van der Waals surface area contributed by atoms with E-state index in [0.717, 1.165) is 44.5 Å². The molecule has 1 unspecified atom stereocenters. The molecular weight excluding hydrogens is 587 g/mol. The molecule has 0 radical (unpaired) electrons. The number of hydrogen-bond donors (Lipinski definition) is 2. The molecule has 236 valence electrons. The van der Waals surface area contributed by atoms with Crippen molar-refractivity contribution in [2.75, 3.05) is 31.5 Å². The number of amides is 1. The molecule has 3 aromatic heterocycles. The van der Waals surface area contributed by atoms with Crippen LogP contribution in [0.4, 0.5) is 24.8 Å². The van der Waals surface area contributed by atoms with Crippen LogP contribution in [-0.4, -0.2) is 68.8 Å². The highest BCUT2D eigenvalue weighted by molar-refractivity contribution is 5.81. The highest BCUT2D eigenvalue weighted by atomic mass is 19.4. The molecule has 1 amide bonds. The van der Waals surface area contributed by atoms with Crippen molar-refractivity contribution >= 4 is 28.6 Å². The van der Waals surface area contributed by atoms with Crippen LogP contribution in [0.2, 0.25) is 0 Å². The molecule has 0 spiro atoms. The highest BCUT2D eigenvalue weighted by Crippen LogP contribution is 2.29. The van der Waals surface area contributed by atoms with Gasteiger partial charge in [-0.3, -0.25) is 19.1 Å². The zero-order valence-electron chi connectivity index (χ0n) is 24.8. The quantitative estimate of drug-likeness (QED) is 0.296. The molecule has 2 aliphatic heterocycles. The number of nitrogens with one attached hydrogen (secondary N) is 2. The zero-order valence-corrected chi connectivity index (χ0v) is 24.8. The molecular formula is C32H34F3N7O3. The number of fused-ring (bicyclic) bond motifs is 1. The van der Waals surface area contributed by atoms with Gasteiger partial charge in [-0.1, -0.05) is 6.07 Å². The minimum atomic E-state index is -4.66. The summed E-state index contributed by atoms with van der Waals surface area (Å²) < 4.78 is 47.7. The maximum absolute atomic E-state index is 13.7. The Hall–Kier alpha value is -4.52. The van der Waals surface area contributed by atoms with Crippen molar-refractivity contribution in [1.29, 1.82) is 0 Å². The summed E-state index contributed by atoms with van der Waals surface area (Å²) in [6, 6.07) is 12.2. The fourth-order valence-corrected chi connectivity index (χ4v) is 5.91. The summed E-state index contributed by atoms with van der Waals surface area (Å²) in [5.41, 5.74) is 0.949. The fraction of sp³-hybridized carbons (Fsp3) is 0.406. The van der Waals surface area contributed by atoms with E-state index in [9.17, 15) is 22.8 Å². The summed E-state index contributed by atoms with van der Waals surface area (Å²) in [5, 5.41) is 6.60. The van der Waals surface area contributed by atoms with E-state index >= 15 is 0 Å². The number of alkyl halides is 3. The predicted octanol–water partition coefficient (Wildman–Crippen LogP) is 5.02. The molecule has 1 atom stereocenters. The summed E-state index contributed by atoms with van der Waals surface area (Å²) in [4.78, 5) is 40.1. The van der Waals surface area contributed by atoms with E-state index in [1.165, 1.54) is 18.5 Å². The number of anilines is 2. The average Bonchev–Trinajstić information content (AvgIpc) is 3.03. The Labute approximate surface area is 257 Å². The van der Waals surface area contributed by atoms with Gasteiger partial charge in [0.05, 0.1) is 0 Å². The first kappa shape index (κ1) is 30.5. The summed E-state index contributed by atoms with van der Waals surface area (Å²) in [6.07, 6.45) is 1.92. The molecule has 4 aromatic rings. The predicted molar refractivity (Wildman–Crippen MR) is 164 cm³/mol. The van der Waals surface area contributed by atoms with Crippen molar-refractivity contribution in [3.05, 3.63) is 70.9 Å². The molecule has 0 saturated carbocycles. The third-order valence-electron chi connectivity index (χ3n) is 8.29. The number of rotatable bonds is 7. The van der Waals surface area contributed by atoms with Gasteiger partial charge in [0.25, 0.3) is 5.56 Å². The number of piperidine rings is 2. The van der Waals surface area contributed by atoms with Gasteiger partial charge in [0, 0.05) is 72.8 Å². The van der Waals surface area contributed by atoms with Gasteiger partial charge in [-0.2, -0.15) is 18.2 Å². The van der Waals surface area contributed by atoms with Crippen molar-refractivity contribution in [1.82, 2.24) is 29.7 Å². The van der Waals surface area contributed by atoms with Gasteiger partial charge in [0.2, 0.25) is 11.9 Å². The lowest BCUT2D eigenvalue weighted by Crippen LogP contribution is -2.37. The standard InChI is InChI=1S/C32H34F3N7O3/c1-20(43)41-13-10-21(11-14-41)28-9-4-22(16-37-28)27-15-23-17-38-31(40-29(23)42(30(27)44)19-32(33,34)35)39-24-5-7-25(8-6-24)45-26-3-2-12-36-18-26/h4-9,15-17,21,26,36H,2-3,10-14,18-19H2,1H3,(H,38,39,40). The molecule has 0 aliphatic carbocycles. The molecule has 10 nitrogen and oxygen atoms in total. The van der Waals surface area contributed by atoms with Crippen LogP contribution in [0, 0.1) is 0 Å². The molecule has 6 rings (SSSR count). The largest absolute Gasteiger partial charge is 0.489 e. The second-order valence-electron chi connectivity index (χ2n) is 11.5. The first-order chi connectivity index (χ1) is 21.6. The fourth-order valence-electron chi connectivity index (χ4n) is 5.91. The topological polar surface area (TPSA) is 114 Å². The van der Waals surface area contributed by atoms with Crippen molar-refractivity contribution in [2.45, 2.75) is 57.3 Å². The minimum absolute atomic E-state index is 0.0435. The summed E-state index contributed by atoms with van der Waals surface area (Å²) in [7, 11) is 0. The van der Waals surface area contributed by atoms with Crippen LogP contribution >= 0.6 is 0 Å². The number of likely N-dealkylation sites (tertiary alicyclic amines) is 1. The average molecular weight is 622 g/mol. The lowest BCUT2D eigenvalue weighted by Gasteiger charge is -2.31. The molecule has 2 N–H and O–H groups in total. The van der Waals surface area contributed by atoms with Crippen molar-refractivity contribution < 1.29 is 22.7 Å². The van der Waals surface area contributed by atoms with Crippen LogP contribution in [0.5, 0.6) is 5.75 Å². The Bertz CT molecular complexity index is 1710. The van der Waals surface area contributed by atoms with Gasteiger partial charge >= 0.3 is 6.18 Å². The third-order valence-corrected chi connectivity index (χ3v) is 8.29. The smallest absolute Gasteiger partial charge is 0.406 e. The van der Waals surface area contributed by atoms with Gasteiger partial charge in [-0.25, -0.2) is 4.98 Å². The number of hydrogen-bond acceptors (Lipinski definition) is 8. The number of aromatic nitrogens is 4. The molecule has 2 saturated heterocycles. The summed E-state index contributed by atoms with van der Waals surface area (Å²) in [6.45, 7) is 3.11. The van der Waals surface area contributed by atoms with Crippen LogP contribution in [0.1, 0.15) is 44.2 Å². The van der Waals surface area contributed by atoms with Gasteiger partial charge in [0.1, 0.15) is 24.0 Å².